The predicted molar refractivity (Wildman–Crippen MR) is 123 cm³/mol. The van der Waals surface area contributed by atoms with Crippen molar-refractivity contribution in [1.29, 1.82) is 0 Å². The van der Waals surface area contributed by atoms with Crippen LogP contribution in [0.15, 0.2) is 59.7 Å². The van der Waals surface area contributed by atoms with E-state index in [1.54, 1.807) is 30.5 Å². The molecule has 6 nitrogen and oxygen atoms in total. The summed E-state index contributed by atoms with van der Waals surface area (Å²) in [6.45, 7) is 10.1. The Hall–Kier alpha value is -3.15. The van der Waals surface area contributed by atoms with E-state index < -0.39 is 6.04 Å². The second-order valence-corrected chi connectivity index (χ2v) is 7.20. The summed E-state index contributed by atoms with van der Waals surface area (Å²) in [7, 11) is 0. The van der Waals surface area contributed by atoms with Gasteiger partial charge in [0, 0.05) is 24.3 Å². The van der Waals surface area contributed by atoms with Gasteiger partial charge in [0.2, 0.25) is 0 Å². The third-order valence-electron chi connectivity index (χ3n) is 5.23. The molecule has 0 aromatic heterocycles. The summed E-state index contributed by atoms with van der Waals surface area (Å²) < 4.78 is 0. The fourth-order valence-corrected chi connectivity index (χ4v) is 3.12. The molecule has 2 unspecified atom stereocenters. The van der Waals surface area contributed by atoms with Crippen molar-refractivity contribution in [3.8, 4) is 0 Å². The maximum Gasteiger partial charge on any atom is 0.262 e. The molecule has 0 saturated heterocycles. The van der Waals surface area contributed by atoms with Gasteiger partial charge < -0.3 is 10.2 Å². The second-order valence-electron chi connectivity index (χ2n) is 7.20. The number of amides is 2. The van der Waals surface area contributed by atoms with E-state index in [0.29, 0.717) is 5.56 Å². The summed E-state index contributed by atoms with van der Waals surface area (Å²) in [6.07, 6.45) is 2.36. The molecular weight excluding hydrogens is 376 g/mol. The molecule has 0 heterocycles. The van der Waals surface area contributed by atoms with Crippen molar-refractivity contribution >= 4 is 23.7 Å². The maximum absolute atomic E-state index is 12.7. The highest BCUT2D eigenvalue weighted by Gasteiger charge is 2.26. The quantitative estimate of drug-likeness (QED) is 0.464. The predicted octanol–water partition coefficient (Wildman–Crippen LogP) is 3.83. The van der Waals surface area contributed by atoms with Crippen LogP contribution < -0.4 is 15.6 Å². The molecule has 2 atom stereocenters. The first kappa shape index (κ1) is 23.1. The molecule has 2 aromatic rings. The number of carbonyl (C=O) groups is 2. The molecule has 0 aliphatic rings. The summed E-state index contributed by atoms with van der Waals surface area (Å²) in [5.74, 6) is -0.627. The van der Waals surface area contributed by atoms with Crippen LogP contribution in [0.25, 0.3) is 0 Å². The average Bonchev–Trinajstić information content (AvgIpc) is 2.79. The van der Waals surface area contributed by atoms with E-state index in [1.807, 2.05) is 44.2 Å². The zero-order chi connectivity index (χ0) is 21.9. The van der Waals surface area contributed by atoms with Crippen molar-refractivity contribution in [3.63, 3.8) is 0 Å². The number of hydrogen-bond acceptors (Lipinski definition) is 4. The Labute approximate surface area is 179 Å². The van der Waals surface area contributed by atoms with Gasteiger partial charge in [-0.3, -0.25) is 9.59 Å². The van der Waals surface area contributed by atoms with Gasteiger partial charge in [0.15, 0.2) is 0 Å². The maximum atomic E-state index is 12.7. The molecule has 2 amide bonds. The zero-order valence-corrected chi connectivity index (χ0v) is 18.3. The highest BCUT2D eigenvalue weighted by atomic mass is 16.2. The second kappa shape index (κ2) is 11.8. The molecule has 160 valence electrons. The van der Waals surface area contributed by atoms with Crippen LogP contribution in [-0.4, -0.2) is 37.2 Å². The number of carbonyl (C=O) groups excluding carboxylic acids is 2. The standard InChI is InChI=1S/C24H32N4O2/c1-5-18(4)22(26-23(29)20-11-9-8-10-12-20)24(30)27-25-17-19-13-15-21(16-14-19)28(6-2)7-3/h8-18,22H,5-7H2,1-4H3,(H,26,29)(H,27,30)/b25-17+. The van der Waals surface area contributed by atoms with Crippen molar-refractivity contribution in [2.45, 2.75) is 40.2 Å². The van der Waals surface area contributed by atoms with E-state index in [0.717, 1.165) is 30.8 Å². The van der Waals surface area contributed by atoms with Gasteiger partial charge in [0.1, 0.15) is 6.04 Å². The topological polar surface area (TPSA) is 73.8 Å². The van der Waals surface area contributed by atoms with E-state index in [2.05, 4.69) is 34.6 Å². The Morgan fingerprint density at radius 1 is 1.00 bits per heavy atom. The lowest BCUT2D eigenvalue weighted by atomic mass is 9.98. The van der Waals surface area contributed by atoms with Gasteiger partial charge in [-0.05, 0) is 49.6 Å². The number of hydrogen-bond donors (Lipinski definition) is 2. The van der Waals surface area contributed by atoms with Gasteiger partial charge in [0.25, 0.3) is 11.8 Å². The number of nitrogens with one attached hydrogen (secondary N) is 2. The number of anilines is 1. The lowest BCUT2D eigenvalue weighted by molar-refractivity contribution is -0.124. The van der Waals surface area contributed by atoms with Crippen molar-refractivity contribution < 1.29 is 9.59 Å². The molecule has 0 fully saturated rings. The van der Waals surface area contributed by atoms with Gasteiger partial charge in [-0.2, -0.15) is 5.10 Å². The molecule has 30 heavy (non-hydrogen) atoms. The summed E-state index contributed by atoms with van der Waals surface area (Å²) >= 11 is 0. The minimum atomic E-state index is -0.662. The molecule has 0 spiro atoms. The third kappa shape index (κ3) is 6.44. The van der Waals surface area contributed by atoms with Crippen molar-refractivity contribution in [2.75, 3.05) is 18.0 Å². The number of nitrogens with zero attached hydrogens (tertiary/aromatic N) is 2. The largest absolute Gasteiger partial charge is 0.372 e. The molecule has 2 aromatic carbocycles. The first-order chi connectivity index (χ1) is 14.5. The van der Waals surface area contributed by atoms with Gasteiger partial charge in [-0.1, -0.05) is 50.6 Å². The van der Waals surface area contributed by atoms with Crippen LogP contribution >= 0.6 is 0 Å². The SMILES string of the molecule is CCC(C)C(NC(=O)c1ccccc1)C(=O)N/N=C/c1ccc(N(CC)CC)cc1. The summed E-state index contributed by atoms with van der Waals surface area (Å²) in [5.41, 5.74) is 5.13. The summed E-state index contributed by atoms with van der Waals surface area (Å²) in [5, 5.41) is 6.92. The monoisotopic (exact) mass is 408 g/mol. The zero-order valence-electron chi connectivity index (χ0n) is 18.3. The van der Waals surface area contributed by atoms with Crippen LogP contribution in [0.5, 0.6) is 0 Å². The van der Waals surface area contributed by atoms with Crippen molar-refractivity contribution in [2.24, 2.45) is 11.0 Å². The van der Waals surface area contributed by atoms with E-state index in [-0.39, 0.29) is 17.7 Å². The normalized spacial score (nSPS) is 12.9. The lowest BCUT2D eigenvalue weighted by Crippen LogP contribution is -2.49. The van der Waals surface area contributed by atoms with Gasteiger partial charge in [0.05, 0.1) is 6.21 Å². The molecule has 0 aliphatic heterocycles. The Morgan fingerprint density at radius 3 is 2.20 bits per heavy atom. The minimum absolute atomic E-state index is 0.0267. The summed E-state index contributed by atoms with van der Waals surface area (Å²) in [4.78, 5) is 27.4. The number of rotatable bonds is 10. The molecule has 2 N–H and O–H groups in total. The first-order valence-corrected chi connectivity index (χ1v) is 10.5. The van der Waals surface area contributed by atoms with Crippen LogP contribution in [0, 0.1) is 5.92 Å². The van der Waals surface area contributed by atoms with E-state index in [1.165, 1.54) is 0 Å². The average molecular weight is 409 g/mol. The Kier molecular flexibility index (Phi) is 9.06. The molecule has 6 heteroatoms. The summed E-state index contributed by atoms with van der Waals surface area (Å²) in [6, 6.07) is 16.2. The molecule has 0 aliphatic carbocycles. The molecule has 0 radical (unpaired) electrons. The highest BCUT2D eigenvalue weighted by molar-refractivity contribution is 5.97. The van der Waals surface area contributed by atoms with E-state index >= 15 is 0 Å². The van der Waals surface area contributed by atoms with Crippen molar-refractivity contribution in [3.05, 3.63) is 65.7 Å². The van der Waals surface area contributed by atoms with Crippen LogP contribution in [0.1, 0.15) is 50.0 Å². The Bertz CT molecular complexity index is 830. The third-order valence-corrected chi connectivity index (χ3v) is 5.23. The number of hydrazone groups is 1. The van der Waals surface area contributed by atoms with E-state index in [9.17, 15) is 9.59 Å². The van der Waals surface area contributed by atoms with Gasteiger partial charge in [-0.15, -0.1) is 0 Å². The first-order valence-electron chi connectivity index (χ1n) is 10.5. The van der Waals surface area contributed by atoms with Crippen molar-refractivity contribution in [1.82, 2.24) is 10.7 Å². The van der Waals surface area contributed by atoms with E-state index in [4.69, 9.17) is 0 Å². The van der Waals surface area contributed by atoms with Gasteiger partial charge >= 0.3 is 0 Å². The highest BCUT2D eigenvalue weighted by Crippen LogP contribution is 2.14. The molecule has 2 rings (SSSR count). The lowest BCUT2D eigenvalue weighted by Gasteiger charge is -2.22. The van der Waals surface area contributed by atoms with Crippen LogP contribution in [0.4, 0.5) is 5.69 Å². The van der Waals surface area contributed by atoms with Crippen LogP contribution in [0.2, 0.25) is 0 Å². The smallest absolute Gasteiger partial charge is 0.262 e. The number of benzene rings is 2. The Balaban J connectivity index is 2.00. The fraction of sp³-hybridized carbons (Fsp3) is 0.375. The molecule has 0 bridgehead atoms. The minimum Gasteiger partial charge on any atom is -0.372 e. The fourth-order valence-electron chi connectivity index (χ4n) is 3.12. The molecular formula is C24H32N4O2. The van der Waals surface area contributed by atoms with Gasteiger partial charge in [-0.25, -0.2) is 5.43 Å². The van der Waals surface area contributed by atoms with Crippen LogP contribution in [-0.2, 0) is 4.79 Å². The van der Waals surface area contributed by atoms with Crippen LogP contribution in [0.3, 0.4) is 0 Å². The molecule has 0 saturated carbocycles. The Morgan fingerprint density at radius 2 is 1.63 bits per heavy atom.